The normalized spacial score (nSPS) is 11.6. The lowest BCUT2D eigenvalue weighted by molar-refractivity contribution is 0.669. The zero-order valence-electron chi connectivity index (χ0n) is 33.2. The predicted molar refractivity (Wildman–Crippen MR) is 257 cm³/mol. The zero-order valence-corrected chi connectivity index (χ0v) is 33.2. The summed E-state index contributed by atoms with van der Waals surface area (Å²) in [5, 5.41) is 7.19. The molecule has 0 aliphatic heterocycles. The summed E-state index contributed by atoms with van der Waals surface area (Å²) in [7, 11) is 0. The Labute approximate surface area is 353 Å². The molecule has 0 N–H and O–H groups in total. The molecular formula is C58H38N2O. The maximum Gasteiger partial charge on any atom is 0.159 e. The van der Waals surface area contributed by atoms with Gasteiger partial charge in [-0.05, 0) is 93.4 Å². The number of benzene rings is 10. The summed E-state index contributed by atoms with van der Waals surface area (Å²) in [6, 6.07) is 82.8. The third-order valence-electron chi connectivity index (χ3n) is 12.2. The molecule has 3 heteroatoms. The van der Waals surface area contributed by atoms with Gasteiger partial charge < -0.3 is 13.9 Å². The zero-order chi connectivity index (χ0) is 40.3. The smallest absolute Gasteiger partial charge is 0.159 e. The van der Waals surface area contributed by atoms with Crippen molar-refractivity contribution in [3.8, 4) is 39.1 Å². The first-order chi connectivity index (χ1) is 30.2. The number of hydrogen-bond acceptors (Lipinski definition) is 2. The van der Waals surface area contributed by atoms with Crippen molar-refractivity contribution in [2.75, 3.05) is 4.90 Å². The molecule has 0 radical (unpaired) electrons. The minimum Gasteiger partial charge on any atom is -0.454 e. The third-order valence-corrected chi connectivity index (χ3v) is 12.2. The minimum absolute atomic E-state index is 0.861. The molecule has 0 saturated heterocycles. The summed E-state index contributed by atoms with van der Waals surface area (Å²) < 4.78 is 9.07. The summed E-state index contributed by atoms with van der Waals surface area (Å²) in [6.45, 7) is 0. The van der Waals surface area contributed by atoms with Crippen molar-refractivity contribution in [2.45, 2.75) is 0 Å². The van der Waals surface area contributed by atoms with E-state index in [2.05, 4.69) is 228 Å². The lowest BCUT2D eigenvalue weighted by Gasteiger charge is -2.26. The Hall–Kier alpha value is -8.14. The molecule has 0 aliphatic carbocycles. The molecule has 0 aliphatic rings. The maximum absolute atomic E-state index is 6.64. The van der Waals surface area contributed by atoms with Crippen LogP contribution in [-0.4, -0.2) is 4.57 Å². The van der Waals surface area contributed by atoms with Gasteiger partial charge in [0, 0.05) is 44.0 Å². The number of aromatic nitrogens is 1. The first-order valence-corrected chi connectivity index (χ1v) is 20.8. The lowest BCUT2D eigenvalue weighted by atomic mass is 10.00. The Balaban J connectivity index is 0.965. The fraction of sp³-hybridized carbons (Fsp3) is 0. The van der Waals surface area contributed by atoms with Crippen LogP contribution in [0.15, 0.2) is 235 Å². The van der Waals surface area contributed by atoms with Crippen molar-refractivity contribution in [3.63, 3.8) is 0 Å². The molecule has 0 bridgehead atoms. The molecule has 0 unspecified atom stereocenters. The lowest BCUT2D eigenvalue weighted by Crippen LogP contribution is -2.10. The molecule has 2 aromatic heterocycles. The van der Waals surface area contributed by atoms with E-state index in [9.17, 15) is 0 Å². The third kappa shape index (κ3) is 5.90. The van der Waals surface area contributed by atoms with Gasteiger partial charge in [0.1, 0.15) is 5.58 Å². The van der Waals surface area contributed by atoms with E-state index in [1.54, 1.807) is 0 Å². The van der Waals surface area contributed by atoms with Gasteiger partial charge in [-0.15, -0.1) is 0 Å². The van der Waals surface area contributed by atoms with Crippen LogP contribution in [0.1, 0.15) is 0 Å². The van der Waals surface area contributed by atoms with Crippen molar-refractivity contribution in [3.05, 3.63) is 231 Å². The number of nitrogens with zero attached hydrogens (tertiary/aromatic N) is 2. The summed E-state index contributed by atoms with van der Waals surface area (Å²) >= 11 is 0. The molecule has 0 saturated carbocycles. The van der Waals surface area contributed by atoms with E-state index in [0.29, 0.717) is 0 Å². The average Bonchev–Trinajstić information content (AvgIpc) is 3.89. The summed E-state index contributed by atoms with van der Waals surface area (Å²) in [5.41, 5.74) is 15.5. The fourth-order valence-electron chi connectivity index (χ4n) is 9.23. The Morgan fingerprint density at radius 3 is 1.57 bits per heavy atom. The van der Waals surface area contributed by atoms with Gasteiger partial charge in [0.25, 0.3) is 0 Å². The van der Waals surface area contributed by atoms with Crippen LogP contribution in [0.3, 0.4) is 0 Å². The molecule has 0 atom stereocenters. The molecule has 2 heterocycles. The Morgan fingerprint density at radius 2 is 0.869 bits per heavy atom. The van der Waals surface area contributed by atoms with Gasteiger partial charge in [-0.1, -0.05) is 176 Å². The molecule has 286 valence electrons. The van der Waals surface area contributed by atoms with Crippen molar-refractivity contribution < 1.29 is 4.42 Å². The SMILES string of the molecule is c1ccc(-c2ccc(-c3ccc(N(c4ccc(-c5ccc6c7ccc8ccccc8c7n(-c7ccccc7)c6c5)cc4)c4cccc5c4oc4ccccc45)cc3)cc2)cc1. The van der Waals surface area contributed by atoms with Crippen molar-refractivity contribution in [1.29, 1.82) is 0 Å². The van der Waals surface area contributed by atoms with E-state index in [0.717, 1.165) is 61.4 Å². The molecule has 10 aromatic carbocycles. The highest BCUT2D eigenvalue weighted by atomic mass is 16.3. The summed E-state index contributed by atoms with van der Waals surface area (Å²) in [6.07, 6.45) is 0. The van der Waals surface area contributed by atoms with Gasteiger partial charge in [-0.25, -0.2) is 0 Å². The number of furan rings is 1. The van der Waals surface area contributed by atoms with Gasteiger partial charge in [0.15, 0.2) is 5.58 Å². The van der Waals surface area contributed by atoms with E-state index in [1.807, 2.05) is 12.1 Å². The minimum atomic E-state index is 0.861. The molecular weight excluding hydrogens is 741 g/mol. The maximum atomic E-state index is 6.64. The van der Waals surface area contributed by atoms with Gasteiger partial charge >= 0.3 is 0 Å². The van der Waals surface area contributed by atoms with Crippen molar-refractivity contribution >= 4 is 71.6 Å². The second-order valence-corrected chi connectivity index (χ2v) is 15.7. The largest absolute Gasteiger partial charge is 0.454 e. The number of hydrogen-bond donors (Lipinski definition) is 0. The monoisotopic (exact) mass is 778 g/mol. The van der Waals surface area contributed by atoms with E-state index in [1.165, 1.54) is 49.3 Å². The Morgan fingerprint density at radius 1 is 0.344 bits per heavy atom. The van der Waals surface area contributed by atoms with Crippen LogP contribution in [0.2, 0.25) is 0 Å². The van der Waals surface area contributed by atoms with E-state index < -0.39 is 0 Å². The second kappa shape index (κ2) is 14.3. The summed E-state index contributed by atoms with van der Waals surface area (Å²) in [4.78, 5) is 2.32. The summed E-state index contributed by atoms with van der Waals surface area (Å²) in [5.74, 6) is 0. The predicted octanol–water partition coefficient (Wildman–Crippen LogP) is 16.3. The van der Waals surface area contributed by atoms with Gasteiger partial charge in [-0.2, -0.15) is 0 Å². The Kier molecular flexibility index (Phi) is 8.17. The average molecular weight is 779 g/mol. The second-order valence-electron chi connectivity index (χ2n) is 15.7. The first-order valence-electron chi connectivity index (χ1n) is 20.8. The van der Waals surface area contributed by atoms with E-state index in [4.69, 9.17) is 4.42 Å². The van der Waals surface area contributed by atoms with Gasteiger partial charge in [0.05, 0.1) is 16.7 Å². The highest BCUT2D eigenvalue weighted by Crippen LogP contribution is 2.44. The van der Waals surface area contributed by atoms with Crippen LogP contribution >= 0.6 is 0 Å². The van der Waals surface area contributed by atoms with Crippen LogP contribution in [0.4, 0.5) is 17.1 Å². The van der Waals surface area contributed by atoms with Crippen LogP contribution in [0.25, 0.3) is 93.6 Å². The van der Waals surface area contributed by atoms with Crippen LogP contribution in [0, 0.1) is 0 Å². The highest BCUT2D eigenvalue weighted by Gasteiger charge is 2.20. The number of fused-ring (bicyclic) bond motifs is 8. The molecule has 61 heavy (non-hydrogen) atoms. The van der Waals surface area contributed by atoms with Crippen molar-refractivity contribution in [2.24, 2.45) is 0 Å². The molecule has 0 amide bonds. The number of para-hydroxylation sites is 3. The number of rotatable bonds is 7. The Bertz CT molecular complexity index is 3550. The molecule has 12 rings (SSSR count). The molecule has 3 nitrogen and oxygen atoms in total. The highest BCUT2D eigenvalue weighted by molar-refractivity contribution is 6.19. The van der Waals surface area contributed by atoms with Crippen LogP contribution in [-0.2, 0) is 0 Å². The van der Waals surface area contributed by atoms with E-state index >= 15 is 0 Å². The molecule has 0 spiro atoms. The number of anilines is 3. The van der Waals surface area contributed by atoms with Gasteiger partial charge in [-0.3, -0.25) is 0 Å². The van der Waals surface area contributed by atoms with Crippen molar-refractivity contribution in [1.82, 2.24) is 4.57 Å². The standard InChI is InChI=1S/C58H38N2O/c1-3-12-39(13-4-1)40-22-24-41(25-23-40)42-26-32-47(33-27-42)59(54-20-11-19-53-51-18-9-10-21-56(51)61-58(53)54)48-34-28-43(29-35-48)45-31-36-50-52-37-30-44-14-7-8-17-49(44)57(52)60(55(50)38-45)46-15-5-2-6-16-46/h1-38H. The van der Waals surface area contributed by atoms with Gasteiger partial charge in [0.2, 0.25) is 0 Å². The van der Waals surface area contributed by atoms with Crippen LogP contribution in [0.5, 0.6) is 0 Å². The molecule has 12 aromatic rings. The fourth-order valence-corrected chi connectivity index (χ4v) is 9.23. The van der Waals surface area contributed by atoms with Crippen LogP contribution < -0.4 is 4.90 Å². The first kappa shape index (κ1) is 34.9. The topological polar surface area (TPSA) is 21.3 Å². The quantitative estimate of drug-likeness (QED) is 0.161. The van der Waals surface area contributed by atoms with E-state index in [-0.39, 0.29) is 0 Å². The molecule has 0 fully saturated rings.